The summed E-state index contributed by atoms with van der Waals surface area (Å²) in [6.45, 7) is 8.59. The molecule has 0 aromatic carbocycles. The van der Waals surface area contributed by atoms with E-state index < -0.39 is 0 Å². The molecule has 0 atom stereocenters. The van der Waals surface area contributed by atoms with Crippen LogP contribution in [0.5, 0.6) is 5.75 Å². The van der Waals surface area contributed by atoms with Crippen LogP contribution in [0.3, 0.4) is 0 Å². The molecule has 0 saturated carbocycles. The summed E-state index contributed by atoms with van der Waals surface area (Å²) in [5, 5.41) is 0. The SMILES string of the molecule is CCc1cbc(C)c(OC)c1CC. The van der Waals surface area contributed by atoms with Gasteiger partial charge in [-0.05, 0) is 0 Å². The fourth-order valence-corrected chi connectivity index (χ4v) is 1.79. The number of rotatable bonds is 3. The average molecular weight is 176 g/mol. The standard InChI is InChI=1S/C11H17BO/c1-5-9-7-12-8(3)11(13-4)10(9)6-2/h7H,5-6H2,1-4H3. The van der Waals surface area contributed by atoms with Crippen LogP contribution >= 0.6 is 0 Å². The summed E-state index contributed by atoms with van der Waals surface area (Å²) < 4.78 is 5.41. The Balaban J connectivity index is 3.27. The van der Waals surface area contributed by atoms with Gasteiger partial charge < -0.3 is 0 Å². The van der Waals surface area contributed by atoms with E-state index in [0.717, 1.165) is 18.6 Å². The van der Waals surface area contributed by atoms with Gasteiger partial charge in [0.15, 0.2) is 0 Å². The summed E-state index contributed by atoms with van der Waals surface area (Å²) in [7, 11) is 1.75. The summed E-state index contributed by atoms with van der Waals surface area (Å²) in [5.74, 6) is 3.28. The Morgan fingerprint density at radius 1 is 1.31 bits per heavy atom. The van der Waals surface area contributed by atoms with E-state index >= 15 is 0 Å². The van der Waals surface area contributed by atoms with Crippen molar-refractivity contribution < 1.29 is 4.74 Å². The first-order chi connectivity index (χ1) is 6.24. The fraction of sp³-hybridized carbons (Fsp3) is 0.545. The summed E-state index contributed by atoms with van der Waals surface area (Å²) in [6, 6.07) is 0. The van der Waals surface area contributed by atoms with Crippen LogP contribution in [0.4, 0.5) is 0 Å². The van der Waals surface area contributed by atoms with Crippen LogP contribution in [-0.2, 0) is 12.8 Å². The van der Waals surface area contributed by atoms with E-state index in [1.165, 1.54) is 16.6 Å². The molecule has 0 N–H and O–H groups in total. The Morgan fingerprint density at radius 2 is 2.00 bits per heavy atom. The molecule has 0 aliphatic heterocycles. The Hall–Kier alpha value is -0.785. The van der Waals surface area contributed by atoms with Crippen molar-refractivity contribution in [2.75, 3.05) is 7.11 Å². The Morgan fingerprint density at radius 3 is 2.46 bits per heavy atom. The molecule has 0 unspecified atom stereocenters. The van der Waals surface area contributed by atoms with Crippen molar-refractivity contribution in [2.45, 2.75) is 33.6 Å². The van der Waals surface area contributed by atoms with Gasteiger partial charge >= 0.3 is 80.7 Å². The quantitative estimate of drug-likeness (QED) is 0.687. The second-order valence-electron chi connectivity index (χ2n) is 3.26. The molecule has 0 aliphatic carbocycles. The van der Waals surface area contributed by atoms with Crippen LogP contribution in [0.1, 0.15) is 30.4 Å². The fourth-order valence-electron chi connectivity index (χ4n) is 1.79. The minimum absolute atomic E-state index is 1.05. The number of methoxy groups -OCH3 is 1. The maximum atomic E-state index is 5.41. The third-order valence-corrected chi connectivity index (χ3v) is 2.49. The zero-order valence-electron chi connectivity index (χ0n) is 8.98. The molecule has 0 spiro atoms. The van der Waals surface area contributed by atoms with Gasteiger partial charge in [0, 0.05) is 0 Å². The van der Waals surface area contributed by atoms with Crippen molar-refractivity contribution in [2.24, 2.45) is 0 Å². The van der Waals surface area contributed by atoms with E-state index in [2.05, 4.69) is 33.6 Å². The van der Waals surface area contributed by atoms with Gasteiger partial charge in [0.05, 0.1) is 0 Å². The average Bonchev–Trinajstić information content (AvgIpc) is 2.17. The van der Waals surface area contributed by atoms with Crippen LogP contribution in [0.25, 0.3) is 0 Å². The third-order valence-electron chi connectivity index (χ3n) is 2.49. The van der Waals surface area contributed by atoms with E-state index in [-0.39, 0.29) is 0 Å². The minimum atomic E-state index is 1.05. The Kier molecular flexibility index (Phi) is 3.53. The molecular formula is C11H17BO. The molecule has 1 heterocycles. The molecule has 0 bridgehead atoms. The van der Waals surface area contributed by atoms with Crippen molar-refractivity contribution in [1.29, 1.82) is 0 Å². The summed E-state index contributed by atoms with van der Waals surface area (Å²) in [5.41, 5.74) is 4.01. The van der Waals surface area contributed by atoms with Crippen LogP contribution in [0.15, 0.2) is 5.96 Å². The number of aryl methyl sites for hydroxylation is 2. The normalized spacial score (nSPS) is 9.85. The van der Waals surface area contributed by atoms with E-state index in [1.54, 1.807) is 7.11 Å². The van der Waals surface area contributed by atoms with Gasteiger partial charge in [-0.25, -0.2) is 0 Å². The molecule has 1 nitrogen and oxygen atoms in total. The van der Waals surface area contributed by atoms with E-state index in [9.17, 15) is 0 Å². The van der Waals surface area contributed by atoms with Gasteiger partial charge in [0.1, 0.15) is 0 Å². The Bertz CT molecular complexity index is 294. The second kappa shape index (κ2) is 4.45. The number of hydrogen-bond acceptors (Lipinski definition) is 1. The first-order valence-corrected chi connectivity index (χ1v) is 4.89. The predicted molar refractivity (Wildman–Crippen MR) is 57.8 cm³/mol. The van der Waals surface area contributed by atoms with Crippen LogP contribution < -0.4 is 4.74 Å². The molecule has 1 aromatic rings. The predicted octanol–water partition coefficient (Wildman–Crippen LogP) is 2.47. The van der Waals surface area contributed by atoms with Gasteiger partial charge in [0.2, 0.25) is 0 Å². The molecular weight excluding hydrogens is 159 g/mol. The molecule has 1 aromatic heterocycles. The third kappa shape index (κ3) is 1.93. The summed E-state index contributed by atoms with van der Waals surface area (Å²) in [4.78, 5) is 0. The van der Waals surface area contributed by atoms with E-state index in [0.29, 0.717) is 0 Å². The topological polar surface area (TPSA) is 9.23 Å². The van der Waals surface area contributed by atoms with Gasteiger partial charge in [-0.3, -0.25) is 0 Å². The van der Waals surface area contributed by atoms with Crippen molar-refractivity contribution in [3.63, 3.8) is 0 Å². The monoisotopic (exact) mass is 176 g/mol. The summed E-state index contributed by atoms with van der Waals surface area (Å²) >= 11 is 0. The van der Waals surface area contributed by atoms with Crippen molar-refractivity contribution in [3.8, 4) is 5.75 Å². The molecule has 0 saturated heterocycles. The molecule has 2 heteroatoms. The van der Waals surface area contributed by atoms with Gasteiger partial charge in [-0.15, -0.1) is 0 Å². The van der Waals surface area contributed by atoms with E-state index in [4.69, 9.17) is 4.74 Å². The zero-order valence-corrected chi connectivity index (χ0v) is 8.98. The first-order valence-electron chi connectivity index (χ1n) is 4.89. The molecule has 1 rings (SSSR count). The molecule has 70 valence electrons. The maximum absolute atomic E-state index is 5.41. The van der Waals surface area contributed by atoms with Crippen LogP contribution in [-0.4, -0.2) is 14.0 Å². The van der Waals surface area contributed by atoms with Crippen LogP contribution in [0.2, 0.25) is 0 Å². The molecule has 0 fully saturated rings. The number of ether oxygens (including phenoxy) is 1. The van der Waals surface area contributed by atoms with Crippen molar-refractivity contribution in [3.05, 3.63) is 22.5 Å². The van der Waals surface area contributed by atoms with Gasteiger partial charge in [0.25, 0.3) is 0 Å². The second-order valence-corrected chi connectivity index (χ2v) is 3.26. The van der Waals surface area contributed by atoms with Crippen molar-refractivity contribution in [1.82, 2.24) is 0 Å². The van der Waals surface area contributed by atoms with Gasteiger partial charge in [-0.1, -0.05) is 0 Å². The van der Waals surface area contributed by atoms with E-state index in [1.807, 2.05) is 0 Å². The Labute approximate surface area is 81.3 Å². The summed E-state index contributed by atoms with van der Waals surface area (Å²) in [6.07, 6.45) is 2.13. The van der Waals surface area contributed by atoms with Gasteiger partial charge in [-0.2, -0.15) is 0 Å². The number of hydrogen-bond donors (Lipinski definition) is 0. The molecule has 0 amide bonds. The molecule has 13 heavy (non-hydrogen) atoms. The van der Waals surface area contributed by atoms with Crippen LogP contribution in [0, 0.1) is 6.92 Å². The van der Waals surface area contributed by atoms with Crippen molar-refractivity contribution >= 4 is 6.91 Å². The zero-order chi connectivity index (χ0) is 9.84. The first kappa shape index (κ1) is 10.3. The molecule has 0 radical (unpaired) electrons. The molecule has 0 aliphatic rings.